The molecular formula is C15H26O4. The van der Waals surface area contributed by atoms with Crippen LogP contribution in [0.4, 0.5) is 0 Å². The normalized spacial score (nSPS) is 23.3. The minimum Gasteiger partial charge on any atom is -0.481 e. The summed E-state index contributed by atoms with van der Waals surface area (Å²) in [6.07, 6.45) is 5.70. The molecule has 4 heteroatoms. The number of carboxylic acids is 1. The third-order valence-corrected chi connectivity index (χ3v) is 3.83. The maximum absolute atomic E-state index is 11.8. The van der Waals surface area contributed by atoms with Gasteiger partial charge in [0.1, 0.15) is 0 Å². The predicted molar refractivity (Wildman–Crippen MR) is 72.7 cm³/mol. The van der Waals surface area contributed by atoms with Gasteiger partial charge in [-0.2, -0.15) is 0 Å². The quantitative estimate of drug-likeness (QED) is 0.569. The molecule has 0 aromatic heterocycles. The number of aliphatic carboxylic acids is 1. The number of unbranched alkanes of at least 4 members (excludes halogenated alkanes) is 1. The van der Waals surface area contributed by atoms with Gasteiger partial charge in [-0.15, -0.1) is 0 Å². The molecule has 1 aliphatic rings. The van der Waals surface area contributed by atoms with Crippen molar-refractivity contribution in [1.29, 1.82) is 0 Å². The van der Waals surface area contributed by atoms with Crippen molar-refractivity contribution in [3.05, 3.63) is 0 Å². The third-order valence-electron chi connectivity index (χ3n) is 3.83. The van der Waals surface area contributed by atoms with E-state index in [1.54, 1.807) is 0 Å². The van der Waals surface area contributed by atoms with Crippen molar-refractivity contribution >= 4 is 11.9 Å². The Morgan fingerprint density at radius 3 is 2.21 bits per heavy atom. The first kappa shape index (κ1) is 16.0. The van der Waals surface area contributed by atoms with Crippen molar-refractivity contribution in [3.8, 4) is 0 Å². The highest BCUT2D eigenvalue weighted by molar-refractivity contribution is 5.74. The topological polar surface area (TPSA) is 63.6 Å². The first-order chi connectivity index (χ1) is 9.00. The smallest absolute Gasteiger partial charge is 0.308 e. The summed E-state index contributed by atoms with van der Waals surface area (Å²) >= 11 is 0. The number of hydrogen-bond donors (Lipinski definition) is 1. The van der Waals surface area contributed by atoms with Crippen molar-refractivity contribution in [2.75, 3.05) is 6.61 Å². The van der Waals surface area contributed by atoms with Crippen molar-refractivity contribution in [2.24, 2.45) is 17.8 Å². The second-order valence-electron chi connectivity index (χ2n) is 5.94. The van der Waals surface area contributed by atoms with Crippen LogP contribution in [0.3, 0.4) is 0 Å². The summed E-state index contributed by atoms with van der Waals surface area (Å²) in [7, 11) is 0. The Morgan fingerprint density at radius 1 is 1.11 bits per heavy atom. The highest BCUT2D eigenvalue weighted by Gasteiger charge is 2.30. The number of ether oxygens (including phenoxy) is 1. The van der Waals surface area contributed by atoms with Gasteiger partial charge in [-0.25, -0.2) is 0 Å². The lowest BCUT2D eigenvalue weighted by atomic mass is 9.82. The lowest BCUT2D eigenvalue weighted by Gasteiger charge is -2.24. The average molecular weight is 270 g/mol. The van der Waals surface area contributed by atoms with Gasteiger partial charge in [0.05, 0.1) is 18.4 Å². The maximum Gasteiger partial charge on any atom is 0.308 e. The van der Waals surface area contributed by atoms with E-state index in [1.165, 1.54) is 6.42 Å². The molecule has 4 nitrogen and oxygen atoms in total. The Kier molecular flexibility index (Phi) is 6.89. The molecule has 0 aromatic rings. The Labute approximate surface area is 115 Å². The number of hydrogen-bond acceptors (Lipinski definition) is 3. The van der Waals surface area contributed by atoms with Gasteiger partial charge in [-0.3, -0.25) is 9.59 Å². The fraction of sp³-hybridized carbons (Fsp3) is 0.867. The molecule has 110 valence electrons. The molecule has 1 saturated carbocycles. The highest BCUT2D eigenvalue weighted by atomic mass is 16.5. The molecular weight excluding hydrogens is 244 g/mol. The van der Waals surface area contributed by atoms with Crippen LogP contribution in [0.2, 0.25) is 0 Å². The van der Waals surface area contributed by atoms with Gasteiger partial charge < -0.3 is 9.84 Å². The van der Waals surface area contributed by atoms with Crippen LogP contribution < -0.4 is 0 Å². The van der Waals surface area contributed by atoms with Crippen LogP contribution in [0, 0.1) is 17.8 Å². The molecule has 1 fully saturated rings. The number of carbonyl (C=O) groups is 2. The van der Waals surface area contributed by atoms with Gasteiger partial charge in [-0.1, -0.05) is 20.3 Å². The largest absolute Gasteiger partial charge is 0.481 e. The minimum absolute atomic E-state index is 0.0827. The van der Waals surface area contributed by atoms with E-state index in [0.717, 1.165) is 12.8 Å². The van der Waals surface area contributed by atoms with Gasteiger partial charge >= 0.3 is 11.9 Å². The van der Waals surface area contributed by atoms with Crippen molar-refractivity contribution in [2.45, 2.75) is 58.8 Å². The summed E-state index contributed by atoms with van der Waals surface area (Å²) in [6, 6.07) is 0. The Balaban J connectivity index is 2.12. The molecule has 1 rings (SSSR count). The molecule has 0 radical (unpaired) electrons. The summed E-state index contributed by atoms with van der Waals surface area (Å²) < 4.78 is 5.27. The molecule has 0 aromatic carbocycles. The molecule has 0 saturated heterocycles. The molecule has 0 aliphatic heterocycles. The second kappa shape index (κ2) is 8.18. The number of carbonyl (C=O) groups excluding carboxylic acids is 1. The van der Waals surface area contributed by atoms with Gasteiger partial charge in [-0.05, 0) is 44.4 Å². The molecule has 0 spiro atoms. The number of esters is 1. The van der Waals surface area contributed by atoms with E-state index in [9.17, 15) is 9.59 Å². The van der Waals surface area contributed by atoms with Crippen LogP contribution in [0.15, 0.2) is 0 Å². The molecule has 19 heavy (non-hydrogen) atoms. The average Bonchev–Trinajstić information content (AvgIpc) is 2.37. The molecule has 1 N–H and O–H groups in total. The van der Waals surface area contributed by atoms with Crippen molar-refractivity contribution in [3.63, 3.8) is 0 Å². The summed E-state index contributed by atoms with van der Waals surface area (Å²) in [5.41, 5.74) is 0. The Bertz CT molecular complexity index is 291. The van der Waals surface area contributed by atoms with Crippen molar-refractivity contribution < 1.29 is 19.4 Å². The van der Waals surface area contributed by atoms with Crippen LogP contribution in [-0.2, 0) is 14.3 Å². The lowest BCUT2D eigenvalue weighted by Crippen LogP contribution is -2.27. The lowest BCUT2D eigenvalue weighted by molar-refractivity contribution is -0.152. The second-order valence-corrected chi connectivity index (χ2v) is 5.94. The fourth-order valence-corrected chi connectivity index (χ4v) is 2.52. The summed E-state index contributed by atoms with van der Waals surface area (Å²) in [5, 5.41) is 8.89. The first-order valence-electron chi connectivity index (χ1n) is 7.40. The highest BCUT2D eigenvalue weighted by Crippen LogP contribution is 2.29. The molecule has 0 atom stereocenters. The molecule has 0 unspecified atom stereocenters. The summed E-state index contributed by atoms with van der Waals surface area (Å²) in [4.78, 5) is 22.6. The number of carboxylic acid groups (broad SMARTS) is 1. The van der Waals surface area contributed by atoms with Crippen LogP contribution in [-0.4, -0.2) is 23.7 Å². The van der Waals surface area contributed by atoms with Gasteiger partial charge in [0.2, 0.25) is 0 Å². The predicted octanol–water partition coefficient (Wildman–Crippen LogP) is 3.25. The maximum atomic E-state index is 11.8. The zero-order valence-corrected chi connectivity index (χ0v) is 12.1. The minimum atomic E-state index is -0.736. The number of rotatable bonds is 7. The standard InChI is InChI=1S/C15H26O4/c1-11(2)5-3-4-10-19-15(18)13-8-6-12(7-9-13)14(16)17/h11-13H,3-10H2,1-2H3,(H,16,17). The Hall–Kier alpha value is -1.06. The van der Waals surface area contributed by atoms with Crippen LogP contribution in [0.25, 0.3) is 0 Å². The molecule has 0 heterocycles. The van der Waals surface area contributed by atoms with E-state index in [1.807, 2.05) is 0 Å². The van der Waals surface area contributed by atoms with Gasteiger partial charge in [0.15, 0.2) is 0 Å². The third kappa shape index (κ3) is 6.08. The zero-order valence-electron chi connectivity index (χ0n) is 12.1. The summed E-state index contributed by atoms with van der Waals surface area (Å²) in [5.74, 6) is -0.522. The van der Waals surface area contributed by atoms with Crippen LogP contribution in [0.1, 0.15) is 58.8 Å². The molecule has 1 aliphatic carbocycles. The SMILES string of the molecule is CC(C)CCCCOC(=O)C1CCC(C(=O)O)CC1. The van der Waals surface area contributed by atoms with Gasteiger partial charge in [0.25, 0.3) is 0 Å². The van der Waals surface area contributed by atoms with Crippen molar-refractivity contribution in [1.82, 2.24) is 0 Å². The van der Waals surface area contributed by atoms with E-state index in [2.05, 4.69) is 13.8 Å². The van der Waals surface area contributed by atoms with Gasteiger partial charge in [0, 0.05) is 0 Å². The Morgan fingerprint density at radius 2 is 1.68 bits per heavy atom. The van der Waals surface area contributed by atoms with Crippen LogP contribution >= 0.6 is 0 Å². The monoisotopic (exact) mass is 270 g/mol. The van der Waals surface area contributed by atoms with E-state index in [0.29, 0.717) is 38.2 Å². The molecule has 0 bridgehead atoms. The zero-order chi connectivity index (χ0) is 14.3. The van der Waals surface area contributed by atoms with E-state index in [-0.39, 0.29) is 17.8 Å². The van der Waals surface area contributed by atoms with E-state index < -0.39 is 5.97 Å². The van der Waals surface area contributed by atoms with E-state index >= 15 is 0 Å². The van der Waals surface area contributed by atoms with E-state index in [4.69, 9.17) is 9.84 Å². The van der Waals surface area contributed by atoms with Crippen LogP contribution in [0.5, 0.6) is 0 Å². The fourth-order valence-electron chi connectivity index (χ4n) is 2.52. The first-order valence-corrected chi connectivity index (χ1v) is 7.40. The summed E-state index contributed by atoms with van der Waals surface area (Å²) in [6.45, 7) is 4.88. The molecule has 0 amide bonds.